The molecule has 0 bridgehead atoms. The van der Waals surface area contributed by atoms with Crippen LogP contribution < -0.4 is 5.32 Å². The maximum absolute atomic E-state index is 9.97. The van der Waals surface area contributed by atoms with Gasteiger partial charge in [-0.05, 0) is 25.2 Å². The van der Waals surface area contributed by atoms with Crippen molar-refractivity contribution >= 4 is 0 Å². The summed E-state index contributed by atoms with van der Waals surface area (Å²) in [5.41, 5.74) is 0. The van der Waals surface area contributed by atoms with Crippen LogP contribution in [0.5, 0.6) is 0 Å². The summed E-state index contributed by atoms with van der Waals surface area (Å²) in [6.07, 6.45) is 7.26. The highest BCUT2D eigenvalue weighted by Crippen LogP contribution is 2.29. The maximum atomic E-state index is 9.97. The van der Waals surface area contributed by atoms with E-state index < -0.39 is 6.10 Å². The van der Waals surface area contributed by atoms with E-state index in [4.69, 9.17) is 9.47 Å². The summed E-state index contributed by atoms with van der Waals surface area (Å²) in [5.74, 6) is 0.692. The minimum Gasteiger partial charge on any atom is -0.389 e. The Morgan fingerprint density at radius 2 is 2.16 bits per heavy atom. The molecule has 2 fully saturated rings. The molecule has 4 nitrogen and oxygen atoms in total. The molecule has 2 aliphatic rings. The lowest BCUT2D eigenvalue weighted by molar-refractivity contribution is -0.0503. The van der Waals surface area contributed by atoms with Crippen LogP contribution in [0.1, 0.15) is 45.4 Å². The van der Waals surface area contributed by atoms with Gasteiger partial charge in [0.15, 0.2) is 0 Å². The third kappa shape index (κ3) is 5.03. The van der Waals surface area contributed by atoms with Gasteiger partial charge in [0, 0.05) is 19.2 Å². The molecule has 2 rings (SSSR count). The first-order chi connectivity index (χ1) is 9.29. The minimum atomic E-state index is -0.403. The SMILES string of the molecule is CCC1CCCCC1OCC(O)CNC1CCOC1. The second-order valence-corrected chi connectivity index (χ2v) is 5.95. The molecule has 1 aliphatic heterocycles. The fourth-order valence-corrected chi connectivity index (χ4v) is 3.15. The normalized spacial score (nSPS) is 33.5. The molecule has 4 unspecified atom stereocenters. The number of ether oxygens (including phenoxy) is 2. The van der Waals surface area contributed by atoms with Crippen molar-refractivity contribution in [3.05, 3.63) is 0 Å². The smallest absolute Gasteiger partial charge is 0.0897 e. The Morgan fingerprint density at radius 3 is 2.89 bits per heavy atom. The molecule has 0 spiro atoms. The number of rotatable bonds is 7. The molecule has 0 aromatic carbocycles. The van der Waals surface area contributed by atoms with Gasteiger partial charge < -0.3 is 19.9 Å². The van der Waals surface area contributed by atoms with Crippen LogP contribution in [0.25, 0.3) is 0 Å². The Kier molecular flexibility index (Phi) is 6.57. The topological polar surface area (TPSA) is 50.7 Å². The number of hydrogen-bond donors (Lipinski definition) is 2. The first kappa shape index (κ1) is 15.2. The Balaban J connectivity index is 1.60. The van der Waals surface area contributed by atoms with Gasteiger partial charge in [0.1, 0.15) is 0 Å². The van der Waals surface area contributed by atoms with E-state index >= 15 is 0 Å². The van der Waals surface area contributed by atoms with E-state index in [9.17, 15) is 5.11 Å². The molecule has 1 saturated carbocycles. The summed E-state index contributed by atoms with van der Waals surface area (Å²) in [6, 6.07) is 0.410. The molecule has 112 valence electrons. The second-order valence-electron chi connectivity index (χ2n) is 5.95. The van der Waals surface area contributed by atoms with Gasteiger partial charge in [0.25, 0.3) is 0 Å². The Labute approximate surface area is 116 Å². The Bertz CT molecular complexity index is 244. The van der Waals surface area contributed by atoms with Gasteiger partial charge in [-0.25, -0.2) is 0 Å². The molecule has 0 radical (unpaired) electrons. The molecule has 2 N–H and O–H groups in total. The largest absolute Gasteiger partial charge is 0.389 e. The maximum Gasteiger partial charge on any atom is 0.0897 e. The first-order valence-corrected chi connectivity index (χ1v) is 7.90. The van der Waals surface area contributed by atoms with E-state index in [0.29, 0.717) is 31.2 Å². The fourth-order valence-electron chi connectivity index (χ4n) is 3.15. The highest BCUT2D eigenvalue weighted by atomic mass is 16.5. The zero-order chi connectivity index (χ0) is 13.5. The molecule has 0 aromatic heterocycles. The lowest BCUT2D eigenvalue weighted by Crippen LogP contribution is -2.39. The molecule has 19 heavy (non-hydrogen) atoms. The summed E-state index contributed by atoms with van der Waals surface area (Å²) in [5, 5.41) is 13.3. The van der Waals surface area contributed by atoms with Crippen LogP contribution in [0.4, 0.5) is 0 Å². The molecule has 1 aliphatic carbocycles. The lowest BCUT2D eigenvalue weighted by atomic mass is 9.85. The summed E-state index contributed by atoms with van der Waals surface area (Å²) < 4.78 is 11.2. The summed E-state index contributed by atoms with van der Waals surface area (Å²) in [7, 11) is 0. The quantitative estimate of drug-likeness (QED) is 0.740. The average Bonchev–Trinajstić information content (AvgIpc) is 2.96. The third-order valence-electron chi connectivity index (χ3n) is 4.44. The molecule has 0 aromatic rings. The van der Waals surface area contributed by atoms with Crippen molar-refractivity contribution in [1.29, 1.82) is 0 Å². The van der Waals surface area contributed by atoms with Crippen molar-refractivity contribution < 1.29 is 14.6 Å². The van der Waals surface area contributed by atoms with Crippen LogP contribution in [-0.4, -0.2) is 49.7 Å². The minimum absolute atomic E-state index is 0.364. The monoisotopic (exact) mass is 271 g/mol. The molecule has 0 amide bonds. The zero-order valence-electron chi connectivity index (χ0n) is 12.1. The van der Waals surface area contributed by atoms with Crippen LogP contribution in [-0.2, 0) is 9.47 Å². The van der Waals surface area contributed by atoms with Crippen LogP contribution >= 0.6 is 0 Å². The van der Waals surface area contributed by atoms with Gasteiger partial charge in [-0.15, -0.1) is 0 Å². The average molecular weight is 271 g/mol. The first-order valence-electron chi connectivity index (χ1n) is 7.90. The van der Waals surface area contributed by atoms with Crippen molar-refractivity contribution in [3.63, 3.8) is 0 Å². The number of aliphatic hydroxyl groups is 1. The molecular weight excluding hydrogens is 242 g/mol. The highest BCUT2D eigenvalue weighted by molar-refractivity contribution is 4.76. The predicted molar refractivity (Wildman–Crippen MR) is 75.2 cm³/mol. The second kappa shape index (κ2) is 8.20. The fraction of sp³-hybridized carbons (Fsp3) is 1.00. The lowest BCUT2D eigenvalue weighted by Gasteiger charge is -2.31. The van der Waals surface area contributed by atoms with Gasteiger partial charge in [-0.1, -0.05) is 26.2 Å². The van der Waals surface area contributed by atoms with Gasteiger partial charge in [0.2, 0.25) is 0 Å². The van der Waals surface area contributed by atoms with E-state index in [1.54, 1.807) is 0 Å². The van der Waals surface area contributed by atoms with Crippen molar-refractivity contribution in [2.24, 2.45) is 5.92 Å². The van der Waals surface area contributed by atoms with Crippen LogP contribution in [0, 0.1) is 5.92 Å². The van der Waals surface area contributed by atoms with Gasteiger partial charge in [-0.3, -0.25) is 0 Å². The standard InChI is InChI=1S/C15H29NO3/c1-2-12-5-3-4-6-15(12)19-11-14(17)9-16-13-7-8-18-10-13/h12-17H,2-11H2,1H3. The molecule has 4 atom stereocenters. The third-order valence-corrected chi connectivity index (χ3v) is 4.44. The molecule has 1 heterocycles. The van der Waals surface area contributed by atoms with E-state index in [1.165, 1.54) is 25.7 Å². The number of nitrogens with one attached hydrogen (secondary N) is 1. The summed E-state index contributed by atoms with van der Waals surface area (Å²) >= 11 is 0. The van der Waals surface area contributed by atoms with Gasteiger partial charge in [0.05, 0.1) is 25.4 Å². The van der Waals surface area contributed by atoms with Gasteiger partial charge >= 0.3 is 0 Å². The molecule has 1 saturated heterocycles. The van der Waals surface area contributed by atoms with E-state index in [-0.39, 0.29) is 0 Å². The zero-order valence-corrected chi connectivity index (χ0v) is 12.1. The summed E-state index contributed by atoms with van der Waals surface area (Å²) in [6.45, 7) is 4.92. The van der Waals surface area contributed by atoms with E-state index in [0.717, 1.165) is 26.1 Å². The predicted octanol–water partition coefficient (Wildman–Crippen LogP) is 1.71. The summed E-state index contributed by atoms with van der Waals surface area (Å²) in [4.78, 5) is 0. The van der Waals surface area contributed by atoms with Crippen LogP contribution in [0.2, 0.25) is 0 Å². The van der Waals surface area contributed by atoms with Gasteiger partial charge in [-0.2, -0.15) is 0 Å². The Hall–Kier alpha value is -0.160. The van der Waals surface area contributed by atoms with Crippen molar-refractivity contribution in [1.82, 2.24) is 5.32 Å². The molecular formula is C15H29NO3. The number of aliphatic hydroxyl groups excluding tert-OH is 1. The van der Waals surface area contributed by atoms with Crippen LogP contribution in [0.15, 0.2) is 0 Å². The van der Waals surface area contributed by atoms with E-state index in [1.807, 2.05) is 0 Å². The molecule has 4 heteroatoms. The van der Waals surface area contributed by atoms with Crippen LogP contribution in [0.3, 0.4) is 0 Å². The Morgan fingerprint density at radius 1 is 1.32 bits per heavy atom. The van der Waals surface area contributed by atoms with E-state index in [2.05, 4.69) is 12.2 Å². The van der Waals surface area contributed by atoms with Crippen molar-refractivity contribution in [2.75, 3.05) is 26.4 Å². The number of hydrogen-bond acceptors (Lipinski definition) is 4. The highest BCUT2D eigenvalue weighted by Gasteiger charge is 2.25. The van der Waals surface area contributed by atoms with Crippen molar-refractivity contribution in [3.8, 4) is 0 Å². The van der Waals surface area contributed by atoms with Crippen molar-refractivity contribution in [2.45, 2.75) is 63.7 Å².